The molecule has 0 saturated heterocycles. The van der Waals surface area contributed by atoms with Gasteiger partial charge in [0.15, 0.2) is 10.8 Å². The van der Waals surface area contributed by atoms with Crippen molar-refractivity contribution in [2.75, 3.05) is 11.1 Å². The predicted molar refractivity (Wildman–Crippen MR) is 80.5 cm³/mol. The number of rotatable bonds is 6. The highest BCUT2D eigenvalue weighted by molar-refractivity contribution is 9.09. The van der Waals surface area contributed by atoms with Crippen molar-refractivity contribution in [2.45, 2.75) is 31.8 Å². The highest BCUT2D eigenvalue weighted by Crippen LogP contribution is 2.35. The van der Waals surface area contributed by atoms with Gasteiger partial charge in [-0.3, -0.25) is 4.40 Å². The Kier molecular flexibility index (Phi) is 4.67. The van der Waals surface area contributed by atoms with E-state index in [0.717, 1.165) is 21.9 Å². The minimum absolute atomic E-state index is 0.352. The van der Waals surface area contributed by atoms with Gasteiger partial charge in [-0.05, 0) is 30.4 Å². The second kappa shape index (κ2) is 6.06. The summed E-state index contributed by atoms with van der Waals surface area (Å²) in [5, 5.41) is 10.5. The summed E-state index contributed by atoms with van der Waals surface area (Å²) in [5.41, 5.74) is 1.27. The van der Waals surface area contributed by atoms with Gasteiger partial charge in [0, 0.05) is 17.3 Å². The Hall–Kier alpha value is -0.550. The Bertz CT molecular complexity index is 499. The number of hydrogen-bond donors (Lipinski definition) is 0. The van der Waals surface area contributed by atoms with Crippen LogP contribution in [0, 0.1) is 5.41 Å². The number of nitrogens with zero attached hydrogens (tertiary/aromatic N) is 3. The fourth-order valence-electron chi connectivity index (χ4n) is 1.82. The zero-order chi connectivity index (χ0) is 13.0. The molecule has 0 saturated carbocycles. The molecule has 0 amide bonds. The lowest BCUT2D eigenvalue weighted by Crippen LogP contribution is -2.24. The molecule has 0 aliphatic rings. The molecule has 0 aliphatic heterocycles. The zero-order valence-electron chi connectivity index (χ0n) is 10.8. The van der Waals surface area contributed by atoms with Crippen LogP contribution in [0.3, 0.4) is 0 Å². The molecular formula is C13H18BrN3S. The molecule has 2 aromatic heterocycles. The summed E-state index contributed by atoms with van der Waals surface area (Å²) in [6.07, 6.45) is 4.38. The van der Waals surface area contributed by atoms with Gasteiger partial charge in [-0.25, -0.2) is 0 Å². The summed E-state index contributed by atoms with van der Waals surface area (Å²) < 4.78 is 2.05. The van der Waals surface area contributed by atoms with Crippen LogP contribution in [0.1, 0.15) is 26.7 Å². The zero-order valence-corrected chi connectivity index (χ0v) is 13.2. The van der Waals surface area contributed by atoms with Crippen molar-refractivity contribution in [3.05, 3.63) is 24.4 Å². The van der Waals surface area contributed by atoms with Crippen LogP contribution in [-0.4, -0.2) is 25.7 Å². The molecule has 2 heterocycles. The van der Waals surface area contributed by atoms with Gasteiger partial charge in [-0.15, -0.1) is 10.2 Å². The average molecular weight is 328 g/mol. The molecule has 0 N–H and O–H groups in total. The quantitative estimate of drug-likeness (QED) is 0.592. The average Bonchev–Trinajstić information content (AvgIpc) is 2.85. The Morgan fingerprint density at radius 1 is 1.28 bits per heavy atom. The van der Waals surface area contributed by atoms with Crippen LogP contribution in [0.25, 0.3) is 5.65 Å². The van der Waals surface area contributed by atoms with E-state index in [1.54, 1.807) is 11.8 Å². The lowest BCUT2D eigenvalue weighted by Gasteiger charge is -2.28. The van der Waals surface area contributed by atoms with Gasteiger partial charge < -0.3 is 0 Å². The van der Waals surface area contributed by atoms with E-state index in [0.29, 0.717) is 5.41 Å². The van der Waals surface area contributed by atoms with E-state index in [2.05, 4.69) is 44.4 Å². The highest BCUT2D eigenvalue weighted by atomic mass is 79.9. The maximum Gasteiger partial charge on any atom is 0.195 e. The number of halogens is 1. The van der Waals surface area contributed by atoms with Crippen molar-refractivity contribution in [1.29, 1.82) is 0 Å². The van der Waals surface area contributed by atoms with Crippen LogP contribution >= 0.6 is 27.7 Å². The van der Waals surface area contributed by atoms with Crippen LogP contribution in [-0.2, 0) is 0 Å². The van der Waals surface area contributed by atoms with Crippen molar-refractivity contribution >= 4 is 33.3 Å². The van der Waals surface area contributed by atoms with Crippen molar-refractivity contribution in [3.8, 4) is 0 Å². The van der Waals surface area contributed by atoms with E-state index in [-0.39, 0.29) is 0 Å². The van der Waals surface area contributed by atoms with Crippen LogP contribution in [0.15, 0.2) is 29.6 Å². The first kappa shape index (κ1) is 13.9. The third-order valence-corrected chi connectivity index (χ3v) is 6.06. The van der Waals surface area contributed by atoms with Crippen molar-refractivity contribution in [3.63, 3.8) is 0 Å². The molecule has 0 unspecified atom stereocenters. The molecule has 18 heavy (non-hydrogen) atoms. The Labute approximate surface area is 121 Å². The maximum atomic E-state index is 4.26. The monoisotopic (exact) mass is 327 g/mol. The molecule has 0 spiro atoms. The van der Waals surface area contributed by atoms with Crippen molar-refractivity contribution in [2.24, 2.45) is 5.41 Å². The van der Waals surface area contributed by atoms with E-state index >= 15 is 0 Å². The van der Waals surface area contributed by atoms with Gasteiger partial charge in [0.1, 0.15) is 0 Å². The Morgan fingerprint density at radius 2 is 2.06 bits per heavy atom. The second-order valence-electron chi connectivity index (χ2n) is 4.54. The largest absolute Gasteiger partial charge is 0.277 e. The topological polar surface area (TPSA) is 30.2 Å². The van der Waals surface area contributed by atoms with Gasteiger partial charge in [-0.2, -0.15) is 0 Å². The smallest absolute Gasteiger partial charge is 0.195 e. The summed E-state index contributed by atoms with van der Waals surface area (Å²) in [7, 11) is 0. The predicted octanol–water partition coefficient (Wildman–Crippen LogP) is 4.02. The number of thioether (sulfide) groups is 1. The van der Waals surface area contributed by atoms with Gasteiger partial charge in [-0.1, -0.05) is 47.6 Å². The normalized spacial score (nSPS) is 12.2. The van der Waals surface area contributed by atoms with Gasteiger partial charge in [0.05, 0.1) is 0 Å². The lowest BCUT2D eigenvalue weighted by atomic mass is 9.87. The molecule has 0 radical (unpaired) electrons. The molecule has 2 rings (SSSR count). The SMILES string of the molecule is CCC(CC)(CBr)CSc1nnc2ccccn12. The Balaban J connectivity index is 2.14. The molecule has 2 aromatic rings. The minimum atomic E-state index is 0.352. The molecule has 0 bridgehead atoms. The first-order chi connectivity index (χ1) is 8.74. The number of alkyl halides is 1. The highest BCUT2D eigenvalue weighted by Gasteiger charge is 2.25. The van der Waals surface area contributed by atoms with Gasteiger partial charge in [0.2, 0.25) is 0 Å². The van der Waals surface area contributed by atoms with Crippen molar-refractivity contribution in [1.82, 2.24) is 14.6 Å². The van der Waals surface area contributed by atoms with E-state index in [1.807, 2.05) is 24.4 Å². The summed E-state index contributed by atoms with van der Waals surface area (Å²) in [6.45, 7) is 4.51. The summed E-state index contributed by atoms with van der Waals surface area (Å²) in [4.78, 5) is 0. The number of fused-ring (bicyclic) bond motifs is 1. The first-order valence-corrected chi connectivity index (χ1v) is 8.34. The fraction of sp³-hybridized carbons (Fsp3) is 0.538. The molecule has 98 valence electrons. The maximum absolute atomic E-state index is 4.26. The van der Waals surface area contributed by atoms with Crippen LogP contribution < -0.4 is 0 Å². The molecular weight excluding hydrogens is 310 g/mol. The standard InChI is InChI=1S/C13H18BrN3S/c1-3-13(4-2,9-14)10-18-12-16-15-11-7-5-6-8-17(11)12/h5-8H,3-4,9-10H2,1-2H3. The third kappa shape index (κ3) is 2.72. The van der Waals surface area contributed by atoms with E-state index in [9.17, 15) is 0 Å². The molecule has 5 heteroatoms. The summed E-state index contributed by atoms with van der Waals surface area (Å²) in [6, 6.07) is 5.98. The molecule has 0 atom stereocenters. The number of aromatic nitrogens is 3. The number of hydrogen-bond acceptors (Lipinski definition) is 3. The summed E-state index contributed by atoms with van der Waals surface area (Å²) in [5.74, 6) is 1.07. The third-order valence-electron chi connectivity index (χ3n) is 3.57. The van der Waals surface area contributed by atoms with E-state index in [4.69, 9.17) is 0 Å². The van der Waals surface area contributed by atoms with Gasteiger partial charge >= 0.3 is 0 Å². The van der Waals surface area contributed by atoms with Crippen LogP contribution in [0.5, 0.6) is 0 Å². The molecule has 0 aromatic carbocycles. The minimum Gasteiger partial charge on any atom is -0.277 e. The Morgan fingerprint density at radius 3 is 2.72 bits per heavy atom. The lowest BCUT2D eigenvalue weighted by molar-refractivity contribution is 0.359. The van der Waals surface area contributed by atoms with E-state index in [1.165, 1.54) is 12.8 Å². The van der Waals surface area contributed by atoms with Crippen LogP contribution in [0.4, 0.5) is 0 Å². The summed E-state index contributed by atoms with van der Waals surface area (Å²) >= 11 is 5.45. The van der Waals surface area contributed by atoms with E-state index < -0.39 is 0 Å². The molecule has 3 nitrogen and oxygen atoms in total. The number of pyridine rings is 1. The molecule has 0 fully saturated rings. The van der Waals surface area contributed by atoms with Crippen molar-refractivity contribution < 1.29 is 0 Å². The fourth-order valence-corrected chi connectivity index (χ4v) is 4.41. The first-order valence-electron chi connectivity index (χ1n) is 6.23. The molecule has 0 aliphatic carbocycles. The van der Waals surface area contributed by atoms with Gasteiger partial charge in [0.25, 0.3) is 0 Å². The second-order valence-corrected chi connectivity index (χ2v) is 6.04. The van der Waals surface area contributed by atoms with Crippen LogP contribution in [0.2, 0.25) is 0 Å².